The fraction of sp³-hybridized carbons (Fsp3) is 0.500. The summed E-state index contributed by atoms with van der Waals surface area (Å²) in [6.45, 7) is 4.54. The maximum absolute atomic E-state index is 4.78. The molecule has 1 aliphatic carbocycles. The Labute approximate surface area is 183 Å². The monoisotopic (exact) mass is 499 g/mol. The van der Waals surface area contributed by atoms with Gasteiger partial charge in [-0.3, -0.25) is 0 Å². The summed E-state index contributed by atoms with van der Waals surface area (Å²) in [5, 5.41) is 7.77. The minimum Gasteiger partial charge on any atom is -0.357 e. The Balaban J connectivity index is 0.00000261. The number of nitrogens with one attached hydrogen (secondary N) is 2. The molecule has 0 radical (unpaired) electrons. The van der Waals surface area contributed by atoms with E-state index in [4.69, 9.17) is 4.99 Å². The van der Waals surface area contributed by atoms with Crippen LogP contribution >= 0.6 is 35.7 Å². The lowest BCUT2D eigenvalue weighted by molar-refractivity contribution is 0.615. The predicted molar refractivity (Wildman–Crippen MR) is 126 cm³/mol. The van der Waals surface area contributed by atoms with Crippen LogP contribution in [0.15, 0.2) is 48.0 Å². The van der Waals surface area contributed by atoms with Gasteiger partial charge in [0.1, 0.15) is 0 Å². The summed E-state index contributed by atoms with van der Waals surface area (Å²) in [6.07, 6.45) is 11.6. The molecule has 27 heavy (non-hydrogen) atoms. The Bertz CT molecular complexity index is 687. The van der Waals surface area contributed by atoms with Gasteiger partial charge in [-0.2, -0.15) is 11.8 Å². The Kier molecular flexibility index (Phi) is 9.47. The van der Waals surface area contributed by atoms with E-state index in [2.05, 4.69) is 57.6 Å². The molecular formula is C20H30IN5S. The van der Waals surface area contributed by atoms with E-state index in [1.165, 1.54) is 30.4 Å². The Morgan fingerprint density at radius 3 is 2.67 bits per heavy atom. The zero-order chi connectivity index (χ0) is 18.2. The van der Waals surface area contributed by atoms with E-state index in [1.54, 1.807) is 0 Å². The van der Waals surface area contributed by atoms with E-state index >= 15 is 0 Å². The lowest BCUT2D eigenvalue weighted by Crippen LogP contribution is -2.42. The standard InChI is InChI=1S/C20H29N5S.HI/c1-3-22-20(24-18-8-9-19(12-18)26-2)23-13-16-4-6-17(7-5-16)14-25-11-10-21-15-25;/h4-7,10-11,15,18-19H,3,8-9,12-14H2,1-2H3,(H2,22,23,24);1H. The number of benzene rings is 1. The average Bonchev–Trinajstić information content (AvgIpc) is 3.33. The second-order valence-electron chi connectivity index (χ2n) is 6.76. The summed E-state index contributed by atoms with van der Waals surface area (Å²) >= 11 is 1.98. The summed E-state index contributed by atoms with van der Waals surface area (Å²) in [7, 11) is 0. The normalized spacial score (nSPS) is 19.6. The largest absolute Gasteiger partial charge is 0.357 e. The molecule has 1 aromatic heterocycles. The molecular weight excluding hydrogens is 469 g/mol. The van der Waals surface area contributed by atoms with Crippen LogP contribution in [-0.2, 0) is 13.1 Å². The number of guanidine groups is 1. The van der Waals surface area contributed by atoms with Crippen LogP contribution in [0.4, 0.5) is 0 Å². The van der Waals surface area contributed by atoms with Gasteiger partial charge in [0.2, 0.25) is 0 Å². The molecule has 1 aromatic carbocycles. The molecule has 1 heterocycles. The smallest absolute Gasteiger partial charge is 0.191 e. The number of nitrogens with zero attached hydrogens (tertiary/aromatic N) is 3. The van der Waals surface area contributed by atoms with Crippen LogP contribution in [0.2, 0.25) is 0 Å². The van der Waals surface area contributed by atoms with Crippen LogP contribution in [0.1, 0.15) is 37.3 Å². The van der Waals surface area contributed by atoms with Gasteiger partial charge < -0.3 is 15.2 Å². The van der Waals surface area contributed by atoms with Crippen LogP contribution < -0.4 is 10.6 Å². The molecule has 0 saturated heterocycles. The Hall–Kier alpha value is -1.22. The number of hydrogen-bond donors (Lipinski definition) is 2. The van der Waals surface area contributed by atoms with Gasteiger partial charge in [0.15, 0.2) is 5.96 Å². The number of imidazole rings is 1. The van der Waals surface area contributed by atoms with Crippen molar-refractivity contribution in [1.82, 2.24) is 20.2 Å². The van der Waals surface area contributed by atoms with E-state index in [-0.39, 0.29) is 24.0 Å². The Morgan fingerprint density at radius 1 is 1.26 bits per heavy atom. The number of aliphatic imine (C=N–C) groups is 1. The highest BCUT2D eigenvalue weighted by Crippen LogP contribution is 2.28. The van der Waals surface area contributed by atoms with Gasteiger partial charge in [-0.15, -0.1) is 24.0 Å². The zero-order valence-electron chi connectivity index (χ0n) is 16.1. The zero-order valence-corrected chi connectivity index (χ0v) is 19.2. The third-order valence-corrected chi connectivity index (χ3v) is 5.86. The van der Waals surface area contributed by atoms with Crippen LogP contribution in [0.3, 0.4) is 0 Å². The molecule has 1 saturated carbocycles. The molecule has 7 heteroatoms. The van der Waals surface area contributed by atoms with Gasteiger partial charge in [-0.25, -0.2) is 9.98 Å². The maximum Gasteiger partial charge on any atom is 0.191 e. The summed E-state index contributed by atoms with van der Waals surface area (Å²) in [5.41, 5.74) is 2.50. The second-order valence-corrected chi connectivity index (χ2v) is 7.90. The van der Waals surface area contributed by atoms with Crippen LogP contribution in [0.25, 0.3) is 0 Å². The molecule has 2 aromatic rings. The highest BCUT2D eigenvalue weighted by atomic mass is 127. The van der Waals surface area contributed by atoms with Crippen LogP contribution in [0, 0.1) is 0 Å². The molecule has 1 aliphatic rings. The van der Waals surface area contributed by atoms with E-state index in [1.807, 2.05) is 30.5 Å². The molecule has 2 N–H and O–H groups in total. The molecule has 2 atom stereocenters. The number of thioether (sulfide) groups is 1. The first-order valence-electron chi connectivity index (χ1n) is 9.38. The number of rotatable bonds is 7. The number of halogens is 1. The lowest BCUT2D eigenvalue weighted by Gasteiger charge is -2.17. The highest BCUT2D eigenvalue weighted by Gasteiger charge is 2.24. The first-order valence-corrected chi connectivity index (χ1v) is 10.7. The van der Waals surface area contributed by atoms with Crippen LogP contribution in [-0.4, -0.2) is 39.6 Å². The molecule has 2 unspecified atom stereocenters. The van der Waals surface area contributed by atoms with Crippen molar-refractivity contribution in [2.24, 2.45) is 4.99 Å². The van der Waals surface area contributed by atoms with Crippen molar-refractivity contribution in [1.29, 1.82) is 0 Å². The van der Waals surface area contributed by atoms with E-state index in [9.17, 15) is 0 Å². The van der Waals surface area contributed by atoms with Gasteiger partial charge in [-0.1, -0.05) is 24.3 Å². The number of hydrogen-bond acceptors (Lipinski definition) is 3. The van der Waals surface area contributed by atoms with Crippen molar-refractivity contribution in [2.75, 3.05) is 12.8 Å². The minimum absolute atomic E-state index is 0. The van der Waals surface area contributed by atoms with Gasteiger partial charge in [0, 0.05) is 36.8 Å². The fourth-order valence-corrected chi connectivity index (χ4v) is 4.11. The first-order chi connectivity index (χ1) is 12.8. The molecule has 3 rings (SSSR count). The third kappa shape index (κ3) is 7.03. The maximum atomic E-state index is 4.78. The summed E-state index contributed by atoms with van der Waals surface area (Å²) < 4.78 is 2.07. The molecule has 0 bridgehead atoms. The van der Waals surface area contributed by atoms with Crippen molar-refractivity contribution in [3.05, 3.63) is 54.1 Å². The second kappa shape index (κ2) is 11.6. The first kappa shape index (κ1) is 22.1. The van der Waals surface area contributed by atoms with Crippen molar-refractivity contribution >= 4 is 41.7 Å². The molecule has 148 valence electrons. The summed E-state index contributed by atoms with van der Waals surface area (Å²) in [4.78, 5) is 8.86. The molecule has 1 fully saturated rings. The van der Waals surface area contributed by atoms with Gasteiger partial charge in [0.05, 0.1) is 12.9 Å². The molecule has 0 amide bonds. The SMILES string of the molecule is CCNC(=NCc1ccc(Cn2ccnc2)cc1)NC1CCC(SC)C1.I. The Morgan fingerprint density at radius 2 is 2.04 bits per heavy atom. The molecule has 0 spiro atoms. The number of aromatic nitrogens is 2. The van der Waals surface area contributed by atoms with Crippen molar-refractivity contribution in [3.8, 4) is 0 Å². The molecule has 5 nitrogen and oxygen atoms in total. The van der Waals surface area contributed by atoms with Crippen LogP contribution in [0.5, 0.6) is 0 Å². The fourth-order valence-electron chi connectivity index (χ4n) is 3.31. The minimum atomic E-state index is 0. The summed E-state index contributed by atoms with van der Waals surface area (Å²) in [6, 6.07) is 9.22. The van der Waals surface area contributed by atoms with Gasteiger partial charge in [0.25, 0.3) is 0 Å². The predicted octanol–water partition coefficient (Wildman–Crippen LogP) is 3.89. The third-order valence-electron chi connectivity index (χ3n) is 4.77. The van der Waals surface area contributed by atoms with Crippen molar-refractivity contribution in [3.63, 3.8) is 0 Å². The highest BCUT2D eigenvalue weighted by molar-refractivity contribution is 14.0. The van der Waals surface area contributed by atoms with Crippen molar-refractivity contribution < 1.29 is 0 Å². The van der Waals surface area contributed by atoms with Gasteiger partial charge in [-0.05, 0) is 43.6 Å². The lowest BCUT2D eigenvalue weighted by atomic mass is 10.1. The topological polar surface area (TPSA) is 54.2 Å². The summed E-state index contributed by atoms with van der Waals surface area (Å²) in [5.74, 6) is 0.932. The molecule has 0 aliphatic heterocycles. The average molecular weight is 499 g/mol. The van der Waals surface area contributed by atoms with E-state index in [0.29, 0.717) is 12.6 Å². The quantitative estimate of drug-likeness (QED) is 0.345. The van der Waals surface area contributed by atoms with Crippen molar-refractivity contribution in [2.45, 2.75) is 50.6 Å². The van der Waals surface area contributed by atoms with E-state index in [0.717, 1.165) is 24.3 Å². The van der Waals surface area contributed by atoms with Gasteiger partial charge >= 0.3 is 0 Å². The van der Waals surface area contributed by atoms with E-state index < -0.39 is 0 Å².